The van der Waals surface area contributed by atoms with Crippen LogP contribution in [0.1, 0.15) is 50.6 Å². The maximum Gasteiger partial charge on any atom is 0.327 e. The molecule has 0 aromatic carbocycles. The van der Waals surface area contributed by atoms with Crippen molar-refractivity contribution in [2.75, 3.05) is 26.2 Å². The Kier molecular flexibility index (Phi) is 5.96. The molecule has 29 heavy (non-hydrogen) atoms. The molecule has 1 aromatic rings. The molecule has 3 rings (SSSR count). The van der Waals surface area contributed by atoms with Crippen molar-refractivity contribution in [3.05, 3.63) is 29.1 Å². The molecule has 158 valence electrons. The van der Waals surface area contributed by atoms with Crippen LogP contribution in [-0.2, 0) is 16.0 Å². The summed E-state index contributed by atoms with van der Waals surface area (Å²) in [5.74, 6) is 0.237. The number of piperidine rings is 1. The fraction of sp³-hybridized carbons (Fsp3) is 0.636. The summed E-state index contributed by atoms with van der Waals surface area (Å²) >= 11 is 0. The van der Waals surface area contributed by atoms with Gasteiger partial charge in [0.05, 0.1) is 6.42 Å². The number of carbonyl (C=O) groups is 3. The summed E-state index contributed by atoms with van der Waals surface area (Å²) in [7, 11) is 0. The zero-order valence-electron chi connectivity index (χ0n) is 18.2. The average Bonchev–Trinajstić information content (AvgIpc) is 2.82. The zero-order valence-corrected chi connectivity index (χ0v) is 18.2. The van der Waals surface area contributed by atoms with Gasteiger partial charge < -0.3 is 9.80 Å². The number of amides is 4. The highest BCUT2D eigenvalue weighted by molar-refractivity contribution is 6.07. The topological polar surface area (TPSA) is 73.8 Å². The molecule has 0 saturated carbocycles. The Labute approximate surface area is 173 Å². The number of aryl methyl sites for hydroxylation is 2. The van der Waals surface area contributed by atoms with Crippen molar-refractivity contribution in [1.82, 2.24) is 19.7 Å². The van der Waals surface area contributed by atoms with Gasteiger partial charge >= 0.3 is 6.03 Å². The molecule has 3 heterocycles. The van der Waals surface area contributed by atoms with E-state index in [9.17, 15) is 14.4 Å². The van der Waals surface area contributed by atoms with Gasteiger partial charge in [0.25, 0.3) is 5.91 Å². The Bertz CT molecular complexity index is 792. The number of nitrogens with zero attached hydrogens (tertiary/aromatic N) is 4. The van der Waals surface area contributed by atoms with Crippen LogP contribution in [-0.4, -0.2) is 69.2 Å². The highest BCUT2D eigenvalue weighted by Crippen LogP contribution is 2.37. The van der Waals surface area contributed by atoms with E-state index in [0.717, 1.165) is 17.0 Å². The van der Waals surface area contributed by atoms with E-state index in [1.807, 2.05) is 37.8 Å². The van der Waals surface area contributed by atoms with Gasteiger partial charge in [-0.15, -0.1) is 0 Å². The smallest absolute Gasteiger partial charge is 0.327 e. The molecule has 0 N–H and O–H groups in total. The largest absolute Gasteiger partial charge is 0.342 e. The number of rotatable bonds is 5. The molecule has 0 atom stereocenters. The molecule has 0 unspecified atom stereocenters. The number of likely N-dealkylation sites (tertiary alicyclic amines) is 1. The van der Waals surface area contributed by atoms with Crippen molar-refractivity contribution in [1.29, 1.82) is 0 Å². The summed E-state index contributed by atoms with van der Waals surface area (Å²) in [5.41, 5.74) is 1.98. The third kappa shape index (κ3) is 4.00. The van der Waals surface area contributed by atoms with Crippen LogP contribution in [0.3, 0.4) is 0 Å². The summed E-state index contributed by atoms with van der Waals surface area (Å²) in [4.78, 5) is 48.1. The van der Waals surface area contributed by atoms with Crippen LogP contribution >= 0.6 is 0 Å². The van der Waals surface area contributed by atoms with Crippen LogP contribution < -0.4 is 0 Å². The van der Waals surface area contributed by atoms with E-state index in [2.05, 4.69) is 18.8 Å². The molecule has 2 aliphatic heterocycles. The van der Waals surface area contributed by atoms with Gasteiger partial charge in [-0.1, -0.05) is 13.8 Å². The average molecular weight is 401 g/mol. The zero-order chi connectivity index (χ0) is 21.3. The first-order valence-corrected chi connectivity index (χ1v) is 10.5. The fourth-order valence-electron chi connectivity index (χ4n) is 4.60. The van der Waals surface area contributed by atoms with Gasteiger partial charge in [-0.05, 0) is 57.2 Å². The van der Waals surface area contributed by atoms with E-state index in [4.69, 9.17) is 0 Å². The Morgan fingerprint density at radius 1 is 1.14 bits per heavy atom. The predicted molar refractivity (Wildman–Crippen MR) is 110 cm³/mol. The van der Waals surface area contributed by atoms with Crippen molar-refractivity contribution in [3.8, 4) is 0 Å². The second-order valence-electron chi connectivity index (χ2n) is 8.68. The minimum atomic E-state index is -0.794. The lowest BCUT2D eigenvalue weighted by Crippen LogP contribution is -2.58. The van der Waals surface area contributed by atoms with Crippen molar-refractivity contribution in [2.24, 2.45) is 5.92 Å². The van der Waals surface area contributed by atoms with Gasteiger partial charge in [-0.25, -0.2) is 4.79 Å². The number of carbonyl (C=O) groups excluding carboxylic acids is 3. The number of likely N-dealkylation sites (N-methyl/N-ethyl adjacent to an activating group) is 1. The normalized spacial score (nSPS) is 19.0. The number of hydrogen-bond donors (Lipinski definition) is 0. The lowest BCUT2D eigenvalue weighted by molar-refractivity contribution is -0.140. The molecule has 0 bridgehead atoms. The molecule has 4 amide bonds. The summed E-state index contributed by atoms with van der Waals surface area (Å²) in [6.07, 6.45) is 1.34. The standard InChI is InChI=1S/C22H32N4O3/c1-6-25-20(28)22(26(21(25)29)14-15(2)3)7-9-24(10-8-22)19(27)13-18-11-16(4)23-17(5)12-18/h11-12,15H,6-10,13-14H2,1-5H3. The van der Waals surface area contributed by atoms with Crippen LogP contribution in [0.4, 0.5) is 4.79 Å². The lowest BCUT2D eigenvalue weighted by atomic mass is 9.85. The van der Waals surface area contributed by atoms with E-state index in [0.29, 0.717) is 45.4 Å². The highest BCUT2D eigenvalue weighted by atomic mass is 16.2. The molecular formula is C22H32N4O3. The summed E-state index contributed by atoms with van der Waals surface area (Å²) in [6.45, 7) is 11.7. The molecule has 2 fully saturated rings. The van der Waals surface area contributed by atoms with Gasteiger partial charge in [-0.2, -0.15) is 0 Å². The molecule has 7 nitrogen and oxygen atoms in total. The highest BCUT2D eigenvalue weighted by Gasteiger charge is 2.57. The first kappa shape index (κ1) is 21.3. The minimum Gasteiger partial charge on any atom is -0.342 e. The first-order valence-electron chi connectivity index (χ1n) is 10.5. The Balaban J connectivity index is 1.72. The Morgan fingerprint density at radius 2 is 1.72 bits per heavy atom. The molecule has 0 aliphatic carbocycles. The number of pyridine rings is 1. The van der Waals surface area contributed by atoms with Crippen LogP contribution in [0, 0.1) is 19.8 Å². The molecular weight excluding hydrogens is 368 g/mol. The van der Waals surface area contributed by atoms with Gasteiger partial charge in [0.15, 0.2) is 0 Å². The summed E-state index contributed by atoms with van der Waals surface area (Å²) in [6, 6.07) is 3.70. The van der Waals surface area contributed by atoms with E-state index in [-0.39, 0.29) is 23.8 Å². The Hall–Kier alpha value is -2.44. The predicted octanol–water partition coefficient (Wildman–Crippen LogP) is 2.54. The maximum atomic E-state index is 13.1. The van der Waals surface area contributed by atoms with Crippen LogP contribution in [0.25, 0.3) is 0 Å². The van der Waals surface area contributed by atoms with Crippen LogP contribution in [0.15, 0.2) is 12.1 Å². The first-order chi connectivity index (χ1) is 13.7. The fourth-order valence-corrected chi connectivity index (χ4v) is 4.60. The maximum absolute atomic E-state index is 13.1. The molecule has 2 saturated heterocycles. The number of hydrogen-bond acceptors (Lipinski definition) is 4. The summed E-state index contributed by atoms with van der Waals surface area (Å²) < 4.78 is 0. The monoisotopic (exact) mass is 400 g/mol. The number of urea groups is 1. The van der Waals surface area contributed by atoms with E-state index >= 15 is 0 Å². The quantitative estimate of drug-likeness (QED) is 0.712. The second kappa shape index (κ2) is 8.13. The van der Waals surface area contributed by atoms with Crippen LogP contribution in [0.5, 0.6) is 0 Å². The van der Waals surface area contributed by atoms with Crippen molar-refractivity contribution >= 4 is 17.8 Å². The molecule has 1 spiro atoms. The lowest BCUT2D eigenvalue weighted by Gasteiger charge is -2.42. The van der Waals surface area contributed by atoms with E-state index < -0.39 is 5.54 Å². The minimum absolute atomic E-state index is 0.0596. The number of imide groups is 1. The van der Waals surface area contributed by atoms with Crippen LogP contribution in [0.2, 0.25) is 0 Å². The van der Waals surface area contributed by atoms with Gasteiger partial charge in [-0.3, -0.25) is 19.5 Å². The number of aromatic nitrogens is 1. The van der Waals surface area contributed by atoms with Crippen molar-refractivity contribution < 1.29 is 14.4 Å². The molecule has 0 radical (unpaired) electrons. The van der Waals surface area contributed by atoms with E-state index in [1.54, 1.807) is 4.90 Å². The Morgan fingerprint density at radius 3 is 2.24 bits per heavy atom. The van der Waals surface area contributed by atoms with Crippen molar-refractivity contribution in [3.63, 3.8) is 0 Å². The summed E-state index contributed by atoms with van der Waals surface area (Å²) in [5, 5.41) is 0. The molecule has 2 aliphatic rings. The molecule has 7 heteroatoms. The van der Waals surface area contributed by atoms with Crippen molar-refractivity contribution in [2.45, 2.75) is 59.4 Å². The second-order valence-corrected chi connectivity index (χ2v) is 8.68. The van der Waals surface area contributed by atoms with E-state index in [1.165, 1.54) is 4.90 Å². The third-order valence-electron chi connectivity index (χ3n) is 5.93. The SMILES string of the molecule is CCN1C(=O)N(CC(C)C)C2(CCN(C(=O)Cc3cc(C)nc(C)c3)CC2)C1=O. The van der Waals surface area contributed by atoms with Gasteiger partial charge in [0.1, 0.15) is 5.54 Å². The van der Waals surface area contributed by atoms with Gasteiger partial charge in [0, 0.05) is 37.6 Å². The third-order valence-corrected chi connectivity index (χ3v) is 5.93. The van der Waals surface area contributed by atoms with Gasteiger partial charge in [0.2, 0.25) is 5.91 Å². The molecule has 1 aromatic heterocycles.